The lowest BCUT2D eigenvalue weighted by Gasteiger charge is -2.20. The molecule has 0 aliphatic heterocycles. The van der Waals surface area contributed by atoms with E-state index in [9.17, 15) is 0 Å². The number of nitrogens with zero attached hydrogens (tertiary/aromatic N) is 3. The molecule has 1 saturated carbocycles. The van der Waals surface area contributed by atoms with Crippen molar-refractivity contribution in [1.29, 1.82) is 0 Å². The second kappa shape index (κ2) is 4.62. The normalized spacial score (nSPS) is 16.4. The minimum absolute atomic E-state index is 0.325. The van der Waals surface area contributed by atoms with E-state index in [1.807, 2.05) is 6.20 Å². The average Bonchev–Trinajstić information content (AvgIpc) is 2.98. The minimum atomic E-state index is 0.325. The maximum absolute atomic E-state index is 5.66. The van der Waals surface area contributed by atoms with Crippen molar-refractivity contribution < 1.29 is 4.74 Å². The first kappa shape index (κ1) is 13.2. The van der Waals surface area contributed by atoms with Crippen molar-refractivity contribution >= 4 is 0 Å². The van der Waals surface area contributed by atoms with Crippen LogP contribution in [0.25, 0.3) is 5.69 Å². The maximum atomic E-state index is 5.66. The molecule has 0 bridgehead atoms. The van der Waals surface area contributed by atoms with Crippen molar-refractivity contribution in [2.45, 2.75) is 44.9 Å². The largest absolute Gasteiger partial charge is 0.494 e. The molecule has 3 rings (SSSR count). The molecule has 0 amide bonds. The summed E-state index contributed by atoms with van der Waals surface area (Å²) in [7, 11) is 1.72. The summed E-state index contributed by atoms with van der Waals surface area (Å²) in [5, 5.41) is 8.04. The Kier molecular flexibility index (Phi) is 3.04. The van der Waals surface area contributed by atoms with Gasteiger partial charge in [-0.15, -0.1) is 5.10 Å². The van der Waals surface area contributed by atoms with E-state index in [2.05, 4.69) is 43.2 Å². The summed E-state index contributed by atoms with van der Waals surface area (Å²) >= 11 is 0. The van der Waals surface area contributed by atoms with E-state index in [4.69, 9.17) is 4.74 Å². The molecule has 0 atom stereocenters. The summed E-state index contributed by atoms with van der Waals surface area (Å²) in [4.78, 5) is 0. The van der Waals surface area contributed by atoms with Gasteiger partial charge < -0.3 is 4.74 Å². The number of benzene rings is 1. The lowest BCUT2D eigenvalue weighted by molar-refractivity contribution is 0.403. The molecule has 1 aromatic heterocycles. The molecule has 4 heteroatoms. The first-order valence-corrected chi connectivity index (χ1v) is 7.14. The van der Waals surface area contributed by atoms with Crippen LogP contribution in [0.1, 0.15) is 50.7 Å². The van der Waals surface area contributed by atoms with Gasteiger partial charge in [-0.25, -0.2) is 4.68 Å². The zero-order valence-corrected chi connectivity index (χ0v) is 12.6. The molecule has 1 fully saturated rings. The number of rotatable bonds is 4. The molecule has 106 valence electrons. The van der Waals surface area contributed by atoms with Gasteiger partial charge in [-0.1, -0.05) is 32.1 Å². The first-order chi connectivity index (χ1) is 9.55. The van der Waals surface area contributed by atoms with Gasteiger partial charge in [0.05, 0.1) is 19.5 Å². The molecule has 2 aromatic rings. The number of methoxy groups -OCH3 is 1. The van der Waals surface area contributed by atoms with Crippen molar-refractivity contribution in [2.24, 2.45) is 0 Å². The third-order valence-electron chi connectivity index (χ3n) is 4.29. The van der Waals surface area contributed by atoms with Gasteiger partial charge in [-0.2, -0.15) is 0 Å². The maximum Gasteiger partial charge on any atom is 0.148 e. The molecular weight excluding hydrogens is 250 g/mol. The van der Waals surface area contributed by atoms with Gasteiger partial charge >= 0.3 is 0 Å². The Morgan fingerprint density at radius 1 is 1.30 bits per heavy atom. The summed E-state index contributed by atoms with van der Waals surface area (Å²) in [5.74, 6) is 1.31. The van der Waals surface area contributed by atoms with Gasteiger partial charge in [0.2, 0.25) is 0 Å². The molecule has 0 spiro atoms. The lowest BCUT2D eigenvalue weighted by atomic mass is 9.91. The summed E-state index contributed by atoms with van der Waals surface area (Å²) < 4.78 is 7.45. The molecule has 0 unspecified atom stereocenters. The molecule has 0 saturated heterocycles. The minimum Gasteiger partial charge on any atom is -0.494 e. The first-order valence-electron chi connectivity index (χ1n) is 7.14. The fourth-order valence-electron chi connectivity index (χ4n) is 2.62. The van der Waals surface area contributed by atoms with Crippen LogP contribution >= 0.6 is 0 Å². The lowest BCUT2D eigenvalue weighted by Crippen LogP contribution is -2.08. The zero-order chi connectivity index (χ0) is 14.3. The molecular formula is C16H21N3O. The predicted molar refractivity (Wildman–Crippen MR) is 78.6 cm³/mol. The molecule has 0 N–H and O–H groups in total. The highest BCUT2D eigenvalue weighted by atomic mass is 16.5. The van der Waals surface area contributed by atoms with Gasteiger partial charge in [0, 0.05) is 0 Å². The highest BCUT2D eigenvalue weighted by Crippen LogP contribution is 2.50. The van der Waals surface area contributed by atoms with Crippen molar-refractivity contribution in [3.63, 3.8) is 0 Å². The van der Waals surface area contributed by atoms with Crippen LogP contribution in [0.3, 0.4) is 0 Å². The third kappa shape index (κ3) is 2.09. The van der Waals surface area contributed by atoms with Crippen molar-refractivity contribution in [1.82, 2.24) is 15.0 Å². The summed E-state index contributed by atoms with van der Waals surface area (Å²) in [6.07, 6.45) is 6.07. The summed E-state index contributed by atoms with van der Waals surface area (Å²) in [6.45, 7) is 6.72. The summed E-state index contributed by atoms with van der Waals surface area (Å²) in [5.41, 5.74) is 3.93. The van der Waals surface area contributed by atoms with E-state index in [1.54, 1.807) is 18.0 Å². The van der Waals surface area contributed by atoms with Crippen LogP contribution in [0.15, 0.2) is 24.5 Å². The van der Waals surface area contributed by atoms with Crippen molar-refractivity contribution in [3.05, 3.63) is 35.7 Å². The second-order valence-corrected chi connectivity index (χ2v) is 6.18. The molecule has 0 radical (unpaired) electrons. The van der Waals surface area contributed by atoms with Gasteiger partial charge in [-0.3, -0.25) is 0 Å². The Morgan fingerprint density at radius 2 is 2.05 bits per heavy atom. The molecule has 1 aromatic carbocycles. The second-order valence-electron chi connectivity index (χ2n) is 6.18. The van der Waals surface area contributed by atoms with Crippen LogP contribution in [-0.4, -0.2) is 22.1 Å². The van der Waals surface area contributed by atoms with Crippen LogP contribution in [-0.2, 0) is 5.41 Å². The van der Waals surface area contributed by atoms with Gasteiger partial charge in [0.1, 0.15) is 11.4 Å². The standard InChI is InChI=1S/C16H21N3O/c1-11(2)13-9-12(16(3)5-6-16)10-14(15(13)20-4)19-8-7-17-18-19/h7-11H,5-6H2,1-4H3. The van der Waals surface area contributed by atoms with Crippen LogP contribution in [0.5, 0.6) is 5.75 Å². The van der Waals surface area contributed by atoms with Crippen LogP contribution in [0, 0.1) is 0 Å². The Bertz CT molecular complexity index is 613. The molecule has 4 nitrogen and oxygen atoms in total. The van der Waals surface area contributed by atoms with Crippen molar-refractivity contribution in [3.8, 4) is 11.4 Å². The van der Waals surface area contributed by atoms with Crippen LogP contribution in [0.2, 0.25) is 0 Å². The number of hydrogen-bond donors (Lipinski definition) is 0. The quantitative estimate of drug-likeness (QED) is 0.855. The average molecular weight is 271 g/mol. The molecule has 20 heavy (non-hydrogen) atoms. The zero-order valence-electron chi connectivity index (χ0n) is 12.6. The molecule has 1 aliphatic rings. The van der Waals surface area contributed by atoms with E-state index in [0.29, 0.717) is 11.3 Å². The Balaban J connectivity index is 2.22. The van der Waals surface area contributed by atoms with E-state index in [1.165, 1.54) is 24.0 Å². The monoisotopic (exact) mass is 271 g/mol. The third-order valence-corrected chi connectivity index (χ3v) is 4.29. The van der Waals surface area contributed by atoms with E-state index < -0.39 is 0 Å². The molecule has 1 aliphatic carbocycles. The number of hydrogen-bond acceptors (Lipinski definition) is 3. The highest BCUT2D eigenvalue weighted by molar-refractivity contribution is 5.57. The van der Waals surface area contributed by atoms with E-state index in [-0.39, 0.29) is 0 Å². The Hall–Kier alpha value is -1.84. The smallest absolute Gasteiger partial charge is 0.148 e. The van der Waals surface area contributed by atoms with E-state index >= 15 is 0 Å². The number of aromatic nitrogens is 3. The van der Waals surface area contributed by atoms with Crippen molar-refractivity contribution in [2.75, 3.05) is 7.11 Å². The Labute approximate surface area is 119 Å². The highest BCUT2D eigenvalue weighted by Gasteiger charge is 2.40. The Morgan fingerprint density at radius 3 is 2.55 bits per heavy atom. The van der Waals surface area contributed by atoms with Crippen LogP contribution in [0.4, 0.5) is 0 Å². The van der Waals surface area contributed by atoms with Gasteiger partial charge in [0.25, 0.3) is 0 Å². The fourth-order valence-corrected chi connectivity index (χ4v) is 2.62. The van der Waals surface area contributed by atoms with E-state index in [0.717, 1.165) is 11.4 Å². The molecule has 1 heterocycles. The SMILES string of the molecule is COc1c(C(C)C)cc(C2(C)CC2)cc1-n1ccnn1. The topological polar surface area (TPSA) is 39.9 Å². The summed E-state index contributed by atoms with van der Waals surface area (Å²) in [6, 6.07) is 4.50. The predicted octanol–water partition coefficient (Wildman–Crippen LogP) is 3.45. The number of ether oxygens (including phenoxy) is 1. The van der Waals surface area contributed by atoms with Crippen LogP contribution < -0.4 is 4.74 Å². The fraction of sp³-hybridized carbons (Fsp3) is 0.500. The van der Waals surface area contributed by atoms with Gasteiger partial charge in [0.15, 0.2) is 0 Å². The van der Waals surface area contributed by atoms with Gasteiger partial charge in [-0.05, 0) is 41.4 Å².